The summed E-state index contributed by atoms with van der Waals surface area (Å²) >= 11 is 6.07. The van der Waals surface area contributed by atoms with E-state index in [0.717, 1.165) is 11.3 Å². The smallest absolute Gasteiger partial charge is 0.239 e. The van der Waals surface area contributed by atoms with Crippen LogP contribution in [0.2, 0.25) is 5.02 Å². The van der Waals surface area contributed by atoms with Crippen molar-refractivity contribution in [3.63, 3.8) is 0 Å². The Hall–Kier alpha value is -2.00. The predicted octanol–water partition coefficient (Wildman–Crippen LogP) is 4.37. The van der Waals surface area contributed by atoms with Gasteiger partial charge in [0.25, 0.3) is 0 Å². The number of rotatable bonds is 5. The molecule has 0 aromatic heterocycles. The van der Waals surface area contributed by atoms with Gasteiger partial charge < -0.3 is 10.6 Å². The van der Waals surface area contributed by atoms with E-state index in [1.807, 2.05) is 36.4 Å². The summed E-state index contributed by atoms with van der Waals surface area (Å²) in [7, 11) is 0. The summed E-state index contributed by atoms with van der Waals surface area (Å²) in [5.41, 5.74) is 3.25. The standard InChI is InChI=1S/C19H23ClN2O/c1-19(2,3)15-8-10-16(11-9-15)21-13-18(23)22-12-14-6-4-5-7-17(14)20/h4-11,21H,12-13H2,1-3H3,(H,22,23). The molecule has 0 atom stereocenters. The van der Waals surface area contributed by atoms with Gasteiger partial charge in [0.05, 0.1) is 6.54 Å². The highest BCUT2D eigenvalue weighted by Crippen LogP contribution is 2.23. The Bertz CT molecular complexity index is 660. The predicted molar refractivity (Wildman–Crippen MR) is 96.9 cm³/mol. The number of hydrogen-bond acceptors (Lipinski definition) is 2. The first kappa shape index (κ1) is 17.4. The highest BCUT2D eigenvalue weighted by molar-refractivity contribution is 6.31. The topological polar surface area (TPSA) is 41.1 Å². The van der Waals surface area contributed by atoms with Gasteiger partial charge in [-0.15, -0.1) is 0 Å². The molecule has 0 spiro atoms. The second-order valence-electron chi connectivity index (χ2n) is 6.55. The molecule has 1 amide bonds. The summed E-state index contributed by atoms with van der Waals surface area (Å²) in [6, 6.07) is 15.7. The van der Waals surface area contributed by atoms with Crippen molar-refractivity contribution in [1.29, 1.82) is 0 Å². The van der Waals surface area contributed by atoms with Gasteiger partial charge in [0.15, 0.2) is 0 Å². The highest BCUT2D eigenvalue weighted by Gasteiger charge is 2.12. The molecule has 0 fully saturated rings. The zero-order valence-corrected chi connectivity index (χ0v) is 14.6. The van der Waals surface area contributed by atoms with E-state index in [1.54, 1.807) is 0 Å². The minimum Gasteiger partial charge on any atom is -0.376 e. The Labute approximate surface area is 143 Å². The lowest BCUT2D eigenvalue weighted by molar-refractivity contribution is -0.119. The number of benzene rings is 2. The second-order valence-corrected chi connectivity index (χ2v) is 6.96. The molecular formula is C19H23ClN2O. The summed E-state index contributed by atoms with van der Waals surface area (Å²) in [5.74, 6) is -0.0650. The van der Waals surface area contributed by atoms with Crippen LogP contribution < -0.4 is 10.6 Å². The van der Waals surface area contributed by atoms with E-state index in [0.29, 0.717) is 11.6 Å². The highest BCUT2D eigenvalue weighted by atomic mass is 35.5. The first-order chi connectivity index (χ1) is 10.9. The molecule has 2 rings (SSSR count). The number of amides is 1. The van der Waals surface area contributed by atoms with Gasteiger partial charge >= 0.3 is 0 Å². The molecule has 0 saturated carbocycles. The SMILES string of the molecule is CC(C)(C)c1ccc(NCC(=O)NCc2ccccc2Cl)cc1. The van der Waals surface area contributed by atoms with Crippen LogP contribution in [0.3, 0.4) is 0 Å². The Morgan fingerprint density at radius 1 is 1.04 bits per heavy atom. The van der Waals surface area contributed by atoms with E-state index in [-0.39, 0.29) is 17.9 Å². The molecule has 0 saturated heterocycles. The van der Waals surface area contributed by atoms with Gasteiger partial charge in [-0.05, 0) is 34.7 Å². The molecule has 0 aliphatic rings. The first-order valence-corrected chi connectivity index (χ1v) is 8.08. The third-order valence-electron chi connectivity index (χ3n) is 3.64. The van der Waals surface area contributed by atoms with Crippen molar-refractivity contribution in [2.45, 2.75) is 32.7 Å². The lowest BCUT2D eigenvalue weighted by atomic mass is 9.87. The lowest BCUT2D eigenvalue weighted by Crippen LogP contribution is -2.29. The normalized spacial score (nSPS) is 11.1. The van der Waals surface area contributed by atoms with Crippen LogP contribution in [0.1, 0.15) is 31.9 Å². The molecule has 4 heteroatoms. The van der Waals surface area contributed by atoms with E-state index in [4.69, 9.17) is 11.6 Å². The maximum absolute atomic E-state index is 11.9. The molecule has 0 bridgehead atoms. The fraction of sp³-hybridized carbons (Fsp3) is 0.316. The van der Waals surface area contributed by atoms with Gasteiger partial charge in [0, 0.05) is 17.3 Å². The molecule has 2 aromatic carbocycles. The van der Waals surface area contributed by atoms with Crippen LogP contribution in [0, 0.1) is 0 Å². The maximum atomic E-state index is 11.9. The molecule has 0 radical (unpaired) electrons. The first-order valence-electron chi connectivity index (χ1n) is 7.71. The number of carbonyl (C=O) groups is 1. The molecule has 0 unspecified atom stereocenters. The van der Waals surface area contributed by atoms with Crippen LogP contribution in [0.25, 0.3) is 0 Å². The molecule has 2 aromatic rings. The third kappa shape index (κ3) is 5.29. The van der Waals surface area contributed by atoms with Gasteiger partial charge in [0.2, 0.25) is 5.91 Å². The summed E-state index contributed by atoms with van der Waals surface area (Å²) in [4.78, 5) is 11.9. The van der Waals surface area contributed by atoms with Crippen molar-refractivity contribution in [2.24, 2.45) is 0 Å². The van der Waals surface area contributed by atoms with Crippen molar-refractivity contribution < 1.29 is 4.79 Å². The van der Waals surface area contributed by atoms with E-state index >= 15 is 0 Å². The molecule has 3 nitrogen and oxygen atoms in total. The average molecular weight is 331 g/mol. The summed E-state index contributed by atoms with van der Waals surface area (Å²) in [6.07, 6.45) is 0. The largest absolute Gasteiger partial charge is 0.376 e. The number of carbonyl (C=O) groups excluding carboxylic acids is 1. The molecule has 122 valence electrons. The van der Waals surface area contributed by atoms with Crippen LogP contribution in [-0.4, -0.2) is 12.5 Å². The summed E-state index contributed by atoms with van der Waals surface area (Å²) in [6.45, 7) is 7.20. The average Bonchev–Trinajstić information content (AvgIpc) is 2.51. The number of nitrogens with one attached hydrogen (secondary N) is 2. The molecule has 0 aliphatic heterocycles. The molecule has 23 heavy (non-hydrogen) atoms. The van der Waals surface area contributed by atoms with Crippen LogP contribution in [-0.2, 0) is 16.8 Å². The van der Waals surface area contributed by atoms with Crippen molar-refractivity contribution in [3.05, 3.63) is 64.7 Å². The fourth-order valence-electron chi connectivity index (χ4n) is 2.17. The number of hydrogen-bond donors (Lipinski definition) is 2. The molecular weight excluding hydrogens is 308 g/mol. The van der Waals surface area contributed by atoms with Crippen molar-refractivity contribution in [3.8, 4) is 0 Å². The van der Waals surface area contributed by atoms with Gasteiger partial charge in [0.1, 0.15) is 0 Å². The molecule has 2 N–H and O–H groups in total. The summed E-state index contributed by atoms with van der Waals surface area (Å²) in [5, 5.41) is 6.65. The third-order valence-corrected chi connectivity index (χ3v) is 4.01. The minimum absolute atomic E-state index is 0.0650. The zero-order valence-electron chi connectivity index (χ0n) is 13.8. The Balaban J connectivity index is 1.81. The van der Waals surface area contributed by atoms with Crippen LogP contribution in [0.5, 0.6) is 0 Å². The van der Waals surface area contributed by atoms with Crippen LogP contribution in [0.4, 0.5) is 5.69 Å². The minimum atomic E-state index is -0.0650. The fourth-order valence-corrected chi connectivity index (χ4v) is 2.37. The van der Waals surface area contributed by atoms with E-state index < -0.39 is 0 Å². The zero-order chi connectivity index (χ0) is 16.9. The monoisotopic (exact) mass is 330 g/mol. The Morgan fingerprint density at radius 3 is 2.30 bits per heavy atom. The van der Waals surface area contributed by atoms with Crippen LogP contribution in [0.15, 0.2) is 48.5 Å². The lowest BCUT2D eigenvalue weighted by Gasteiger charge is -2.19. The Kier molecular flexibility index (Phi) is 5.67. The van der Waals surface area contributed by atoms with Crippen molar-refractivity contribution in [1.82, 2.24) is 5.32 Å². The van der Waals surface area contributed by atoms with E-state index in [1.165, 1.54) is 5.56 Å². The summed E-state index contributed by atoms with van der Waals surface area (Å²) < 4.78 is 0. The van der Waals surface area contributed by atoms with Gasteiger partial charge in [-0.2, -0.15) is 0 Å². The van der Waals surface area contributed by atoms with Gasteiger partial charge in [-0.25, -0.2) is 0 Å². The second kappa shape index (κ2) is 7.51. The van der Waals surface area contributed by atoms with Crippen molar-refractivity contribution >= 4 is 23.2 Å². The van der Waals surface area contributed by atoms with Gasteiger partial charge in [-0.3, -0.25) is 4.79 Å². The van der Waals surface area contributed by atoms with E-state index in [9.17, 15) is 4.79 Å². The maximum Gasteiger partial charge on any atom is 0.239 e. The quantitative estimate of drug-likeness (QED) is 0.855. The van der Waals surface area contributed by atoms with E-state index in [2.05, 4.69) is 43.5 Å². The molecule has 0 aliphatic carbocycles. The van der Waals surface area contributed by atoms with Crippen LogP contribution >= 0.6 is 11.6 Å². The number of anilines is 1. The Morgan fingerprint density at radius 2 is 1.70 bits per heavy atom. The molecule has 0 heterocycles. The van der Waals surface area contributed by atoms with Gasteiger partial charge in [-0.1, -0.05) is 62.7 Å². The number of halogens is 1. The van der Waals surface area contributed by atoms with Crippen molar-refractivity contribution in [2.75, 3.05) is 11.9 Å².